The number of likely N-dealkylation sites (N-methyl/N-ethyl adjacent to an activating group) is 1. The Bertz CT molecular complexity index is 851. The third-order valence-electron chi connectivity index (χ3n) is 5.46. The van der Waals surface area contributed by atoms with Crippen LogP contribution in [-0.4, -0.2) is 45.8 Å². The maximum atomic E-state index is 12.5. The van der Waals surface area contributed by atoms with Gasteiger partial charge in [0, 0.05) is 19.5 Å². The summed E-state index contributed by atoms with van der Waals surface area (Å²) in [5, 5.41) is 7.36. The van der Waals surface area contributed by atoms with E-state index in [0.717, 1.165) is 43.5 Å². The van der Waals surface area contributed by atoms with E-state index in [2.05, 4.69) is 46.5 Å². The number of amides is 1. The minimum absolute atomic E-state index is 0.0340. The van der Waals surface area contributed by atoms with Gasteiger partial charge >= 0.3 is 5.69 Å². The van der Waals surface area contributed by atoms with Crippen LogP contribution in [0.1, 0.15) is 49.2 Å². The van der Waals surface area contributed by atoms with Gasteiger partial charge in [-0.3, -0.25) is 9.36 Å². The van der Waals surface area contributed by atoms with Crippen molar-refractivity contribution >= 4 is 5.91 Å². The fourth-order valence-corrected chi connectivity index (χ4v) is 3.70. The number of carbonyl (C=O) groups is 1. The standard InChI is InChI=1S/C21H31N5O2/c1-4-16-9-11-17(12-10-16)18(24(2)3)14-22-20(27)15-26-21(28)25-13-7-5-6-8-19(25)23-26/h9-12,18H,4-8,13-15H2,1-3H3,(H,22,27). The lowest BCUT2D eigenvalue weighted by Gasteiger charge is -2.25. The molecule has 0 fully saturated rings. The van der Waals surface area contributed by atoms with Gasteiger partial charge in [0.15, 0.2) is 0 Å². The smallest absolute Gasteiger partial charge is 0.346 e. The monoisotopic (exact) mass is 385 g/mol. The van der Waals surface area contributed by atoms with Crippen molar-refractivity contribution in [2.45, 2.75) is 58.2 Å². The molecule has 0 saturated carbocycles. The van der Waals surface area contributed by atoms with E-state index in [-0.39, 0.29) is 24.2 Å². The third kappa shape index (κ3) is 4.70. The van der Waals surface area contributed by atoms with E-state index in [9.17, 15) is 9.59 Å². The van der Waals surface area contributed by atoms with Crippen molar-refractivity contribution in [3.63, 3.8) is 0 Å². The van der Waals surface area contributed by atoms with Crippen molar-refractivity contribution in [1.29, 1.82) is 0 Å². The Labute approximate surface area is 166 Å². The zero-order chi connectivity index (χ0) is 20.1. The van der Waals surface area contributed by atoms with Crippen molar-refractivity contribution in [1.82, 2.24) is 24.6 Å². The molecule has 2 aromatic rings. The van der Waals surface area contributed by atoms with Gasteiger partial charge in [-0.15, -0.1) is 0 Å². The molecule has 0 saturated heterocycles. The summed E-state index contributed by atoms with van der Waals surface area (Å²) < 4.78 is 3.02. The Morgan fingerprint density at radius 3 is 2.64 bits per heavy atom. The Morgan fingerprint density at radius 1 is 1.21 bits per heavy atom. The van der Waals surface area contributed by atoms with E-state index >= 15 is 0 Å². The topological polar surface area (TPSA) is 72.2 Å². The summed E-state index contributed by atoms with van der Waals surface area (Å²) in [7, 11) is 4.00. The summed E-state index contributed by atoms with van der Waals surface area (Å²) in [6.45, 7) is 3.29. The molecule has 1 aromatic heterocycles. The number of hydrogen-bond acceptors (Lipinski definition) is 4. The van der Waals surface area contributed by atoms with Gasteiger partial charge in [-0.05, 0) is 44.5 Å². The molecule has 152 valence electrons. The number of fused-ring (bicyclic) bond motifs is 1. The first-order valence-electron chi connectivity index (χ1n) is 10.2. The third-order valence-corrected chi connectivity index (χ3v) is 5.46. The number of carbonyl (C=O) groups excluding carboxylic acids is 1. The van der Waals surface area contributed by atoms with Gasteiger partial charge < -0.3 is 10.2 Å². The van der Waals surface area contributed by atoms with Crippen LogP contribution in [0, 0.1) is 0 Å². The molecule has 1 atom stereocenters. The Kier molecular flexibility index (Phi) is 6.67. The fourth-order valence-electron chi connectivity index (χ4n) is 3.70. The Balaban J connectivity index is 1.63. The first kappa shape index (κ1) is 20.3. The van der Waals surface area contributed by atoms with E-state index in [4.69, 9.17) is 0 Å². The van der Waals surface area contributed by atoms with Crippen LogP contribution in [0.15, 0.2) is 29.1 Å². The highest BCUT2D eigenvalue weighted by atomic mass is 16.2. The maximum Gasteiger partial charge on any atom is 0.346 e. The van der Waals surface area contributed by atoms with Crippen molar-refractivity contribution in [2.75, 3.05) is 20.6 Å². The van der Waals surface area contributed by atoms with Crippen LogP contribution in [-0.2, 0) is 30.7 Å². The maximum absolute atomic E-state index is 12.5. The van der Waals surface area contributed by atoms with Crippen molar-refractivity contribution in [2.24, 2.45) is 0 Å². The van der Waals surface area contributed by atoms with Gasteiger partial charge in [-0.1, -0.05) is 37.6 Å². The highest BCUT2D eigenvalue weighted by Crippen LogP contribution is 2.18. The normalized spacial score (nSPS) is 15.1. The van der Waals surface area contributed by atoms with E-state index in [1.807, 2.05) is 14.1 Å². The second-order valence-corrected chi connectivity index (χ2v) is 7.70. The van der Waals surface area contributed by atoms with Crippen LogP contribution in [0.2, 0.25) is 0 Å². The summed E-state index contributed by atoms with van der Waals surface area (Å²) in [5.41, 5.74) is 2.28. The molecule has 1 aromatic carbocycles. The van der Waals surface area contributed by atoms with Crippen molar-refractivity contribution in [3.8, 4) is 0 Å². The first-order chi connectivity index (χ1) is 13.5. The minimum Gasteiger partial charge on any atom is -0.353 e. The lowest BCUT2D eigenvalue weighted by molar-refractivity contribution is -0.122. The largest absolute Gasteiger partial charge is 0.353 e. The number of benzene rings is 1. The predicted molar refractivity (Wildman–Crippen MR) is 109 cm³/mol. The molecule has 3 rings (SSSR count). The molecular weight excluding hydrogens is 354 g/mol. The number of aryl methyl sites for hydroxylation is 2. The molecule has 1 unspecified atom stereocenters. The van der Waals surface area contributed by atoms with E-state index in [1.54, 1.807) is 4.57 Å². The predicted octanol–water partition coefficient (Wildman–Crippen LogP) is 1.75. The highest BCUT2D eigenvalue weighted by molar-refractivity contribution is 5.75. The average molecular weight is 386 g/mol. The van der Waals surface area contributed by atoms with Crippen molar-refractivity contribution < 1.29 is 4.79 Å². The van der Waals surface area contributed by atoms with E-state index < -0.39 is 0 Å². The summed E-state index contributed by atoms with van der Waals surface area (Å²) in [5.74, 6) is 0.616. The molecule has 0 spiro atoms. The highest BCUT2D eigenvalue weighted by Gasteiger charge is 2.19. The number of rotatable bonds is 7. The minimum atomic E-state index is -0.188. The molecule has 1 N–H and O–H groups in total. The van der Waals surface area contributed by atoms with Crippen LogP contribution in [0.3, 0.4) is 0 Å². The molecule has 2 heterocycles. The number of hydrogen-bond donors (Lipinski definition) is 1. The molecule has 1 amide bonds. The van der Waals surface area contributed by atoms with Gasteiger partial charge in [0.2, 0.25) is 5.91 Å². The van der Waals surface area contributed by atoms with Crippen LogP contribution in [0.5, 0.6) is 0 Å². The lowest BCUT2D eigenvalue weighted by atomic mass is 10.0. The molecule has 0 bridgehead atoms. The van der Waals surface area contributed by atoms with E-state index in [1.165, 1.54) is 10.2 Å². The quantitative estimate of drug-likeness (QED) is 0.788. The number of nitrogens with one attached hydrogen (secondary N) is 1. The molecule has 0 radical (unpaired) electrons. The van der Waals surface area contributed by atoms with Gasteiger partial charge in [0.25, 0.3) is 0 Å². The summed E-state index contributed by atoms with van der Waals surface area (Å²) in [6, 6.07) is 8.57. The fraction of sp³-hybridized carbons (Fsp3) is 0.571. The van der Waals surface area contributed by atoms with E-state index in [0.29, 0.717) is 13.1 Å². The summed E-state index contributed by atoms with van der Waals surface area (Å²) in [4.78, 5) is 27.1. The molecular formula is C21H31N5O2. The number of aromatic nitrogens is 3. The zero-order valence-electron chi connectivity index (χ0n) is 17.1. The van der Waals surface area contributed by atoms with Crippen LogP contribution >= 0.6 is 0 Å². The molecule has 0 aliphatic carbocycles. The first-order valence-corrected chi connectivity index (χ1v) is 10.2. The molecule has 1 aliphatic rings. The Hall–Kier alpha value is -2.41. The van der Waals surface area contributed by atoms with Crippen LogP contribution in [0.4, 0.5) is 0 Å². The van der Waals surface area contributed by atoms with Gasteiger partial charge in [0.05, 0.1) is 6.04 Å². The molecule has 7 nitrogen and oxygen atoms in total. The second kappa shape index (κ2) is 9.19. The zero-order valence-corrected chi connectivity index (χ0v) is 17.1. The van der Waals surface area contributed by atoms with Gasteiger partial charge in [-0.25, -0.2) is 9.48 Å². The van der Waals surface area contributed by atoms with Crippen molar-refractivity contribution in [3.05, 3.63) is 51.7 Å². The molecule has 28 heavy (non-hydrogen) atoms. The van der Waals surface area contributed by atoms with Gasteiger partial charge in [-0.2, -0.15) is 5.10 Å². The summed E-state index contributed by atoms with van der Waals surface area (Å²) in [6.07, 6.45) is 4.97. The SMILES string of the molecule is CCc1ccc(C(CNC(=O)Cn2nc3n(c2=O)CCCCC3)N(C)C)cc1. The lowest BCUT2D eigenvalue weighted by Crippen LogP contribution is -2.38. The number of nitrogens with zero attached hydrogens (tertiary/aromatic N) is 4. The summed E-state index contributed by atoms with van der Waals surface area (Å²) >= 11 is 0. The average Bonchev–Trinajstić information content (AvgIpc) is 2.85. The second-order valence-electron chi connectivity index (χ2n) is 7.70. The Morgan fingerprint density at radius 2 is 1.96 bits per heavy atom. The van der Waals surface area contributed by atoms with Gasteiger partial charge in [0.1, 0.15) is 12.4 Å². The molecule has 7 heteroatoms. The van der Waals surface area contributed by atoms with Crippen LogP contribution < -0.4 is 11.0 Å². The van der Waals surface area contributed by atoms with Crippen LogP contribution in [0.25, 0.3) is 0 Å². The molecule has 1 aliphatic heterocycles.